The molecular formula is C12H18N4O2S2. The Morgan fingerprint density at radius 1 is 1.10 bits per heavy atom. The molecule has 0 atom stereocenters. The highest BCUT2D eigenvalue weighted by Crippen LogP contribution is 2.55. The van der Waals surface area contributed by atoms with E-state index in [-0.39, 0.29) is 15.0 Å². The van der Waals surface area contributed by atoms with Crippen molar-refractivity contribution in [3.05, 3.63) is 0 Å². The lowest BCUT2D eigenvalue weighted by molar-refractivity contribution is -0.00810. The number of sulfonamides is 1. The normalized spacial score (nSPS) is 39.3. The van der Waals surface area contributed by atoms with Crippen molar-refractivity contribution >= 4 is 26.5 Å². The monoisotopic (exact) mass is 314 g/mol. The number of hydrogen-bond donors (Lipinski definition) is 2. The Kier molecular flexibility index (Phi) is 2.69. The van der Waals surface area contributed by atoms with Gasteiger partial charge in [-0.1, -0.05) is 11.3 Å². The van der Waals surface area contributed by atoms with E-state index in [1.807, 2.05) is 0 Å². The van der Waals surface area contributed by atoms with Gasteiger partial charge in [-0.15, -0.1) is 10.2 Å². The Hall–Kier alpha value is -0.730. The van der Waals surface area contributed by atoms with Crippen LogP contribution in [0.25, 0.3) is 0 Å². The van der Waals surface area contributed by atoms with Gasteiger partial charge >= 0.3 is 0 Å². The molecular weight excluding hydrogens is 296 g/mol. The van der Waals surface area contributed by atoms with Crippen LogP contribution in [-0.4, -0.2) is 24.2 Å². The third kappa shape index (κ3) is 2.05. The van der Waals surface area contributed by atoms with E-state index in [1.54, 1.807) is 0 Å². The van der Waals surface area contributed by atoms with Crippen molar-refractivity contribution < 1.29 is 8.42 Å². The summed E-state index contributed by atoms with van der Waals surface area (Å²) >= 11 is 0.928. The first-order valence-electron chi connectivity index (χ1n) is 7.07. The molecule has 0 aromatic carbocycles. The summed E-state index contributed by atoms with van der Waals surface area (Å²) < 4.78 is 27.9. The van der Waals surface area contributed by atoms with Gasteiger partial charge in [0.2, 0.25) is 9.47 Å². The zero-order chi connectivity index (χ0) is 14.0. The summed E-state index contributed by atoms with van der Waals surface area (Å²) in [5, 5.41) is 7.47. The summed E-state index contributed by atoms with van der Waals surface area (Å²) in [6.07, 6.45) is 6.79. The summed E-state index contributed by atoms with van der Waals surface area (Å²) in [5.41, 5.74) is 5.25. The minimum Gasteiger partial charge on any atom is -0.374 e. The van der Waals surface area contributed by atoms with Crippen LogP contribution in [0.2, 0.25) is 0 Å². The van der Waals surface area contributed by atoms with Crippen LogP contribution < -0.4 is 10.5 Å². The predicted molar refractivity (Wildman–Crippen MR) is 75.5 cm³/mol. The van der Waals surface area contributed by atoms with Gasteiger partial charge in [-0.3, -0.25) is 0 Å². The highest BCUT2D eigenvalue weighted by molar-refractivity contribution is 7.91. The molecule has 0 saturated heterocycles. The van der Waals surface area contributed by atoms with E-state index in [2.05, 4.69) is 14.9 Å². The molecule has 1 aromatic rings. The molecule has 4 fully saturated rings. The maximum absolute atomic E-state index is 12.5. The van der Waals surface area contributed by atoms with Crippen molar-refractivity contribution in [1.29, 1.82) is 0 Å². The fourth-order valence-electron chi connectivity index (χ4n) is 4.89. The number of hydrogen-bond acceptors (Lipinski definition) is 6. The number of nitrogens with zero attached hydrogens (tertiary/aromatic N) is 2. The van der Waals surface area contributed by atoms with Gasteiger partial charge in [-0.25, -0.2) is 13.1 Å². The first-order chi connectivity index (χ1) is 9.44. The van der Waals surface area contributed by atoms with Gasteiger partial charge in [0.1, 0.15) is 0 Å². The first-order valence-corrected chi connectivity index (χ1v) is 9.37. The average molecular weight is 314 g/mol. The fraction of sp³-hybridized carbons (Fsp3) is 0.833. The Labute approximate surface area is 122 Å². The number of rotatable bonds is 3. The first kappa shape index (κ1) is 13.0. The van der Waals surface area contributed by atoms with E-state index in [1.165, 1.54) is 19.3 Å². The molecule has 8 heteroatoms. The molecule has 4 aliphatic rings. The van der Waals surface area contributed by atoms with Crippen molar-refractivity contribution in [3.8, 4) is 0 Å². The van der Waals surface area contributed by atoms with Gasteiger partial charge < -0.3 is 5.73 Å². The van der Waals surface area contributed by atoms with Crippen LogP contribution in [0, 0.1) is 17.8 Å². The summed E-state index contributed by atoms with van der Waals surface area (Å²) in [6, 6.07) is 0. The SMILES string of the molecule is Nc1nnc(S(=O)(=O)NC23CC4CC(CC(C4)C2)C3)s1. The van der Waals surface area contributed by atoms with Gasteiger partial charge in [0, 0.05) is 5.54 Å². The Balaban J connectivity index is 1.62. The molecule has 6 nitrogen and oxygen atoms in total. The number of nitrogen functional groups attached to an aromatic ring is 1. The van der Waals surface area contributed by atoms with Crippen LogP contribution in [0.15, 0.2) is 4.34 Å². The molecule has 0 unspecified atom stereocenters. The molecule has 5 rings (SSSR count). The van der Waals surface area contributed by atoms with Gasteiger partial charge in [-0.2, -0.15) is 0 Å². The molecule has 3 N–H and O–H groups in total. The molecule has 1 aromatic heterocycles. The molecule has 0 spiro atoms. The van der Waals surface area contributed by atoms with E-state index in [4.69, 9.17) is 5.73 Å². The smallest absolute Gasteiger partial charge is 0.270 e. The molecule has 1 heterocycles. The quantitative estimate of drug-likeness (QED) is 0.878. The minimum atomic E-state index is -3.59. The zero-order valence-corrected chi connectivity index (χ0v) is 12.7. The molecule has 110 valence electrons. The molecule has 4 saturated carbocycles. The van der Waals surface area contributed by atoms with Gasteiger partial charge in [0.25, 0.3) is 10.0 Å². The average Bonchev–Trinajstić information content (AvgIpc) is 2.73. The van der Waals surface area contributed by atoms with Crippen molar-refractivity contribution in [2.45, 2.75) is 48.4 Å². The van der Waals surface area contributed by atoms with Crippen molar-refractivity contribution in [2.24, 2.45) is 17.8 Å². The summed E-state index contributed by atoms with van der Waals surface area (Å²) in [5.74, 6) is 2.09. The fourth-order valence-corrected chi connectivity index (χ4v) is 7.11. The van der Waals surface area contributed by atoms with E-state index < -0.39 is 10.0 Å². The zero-order valence-electron chi connectivity index (χ0n) is 11.1. The van der Waals surface area contributed by atoms with Crippen LogP contribution in [0.5, 0.6) is 0 Å². The van der Waals surface area contributed by atoms with Crippen molar-refractivity contribution in [3.63, 3.8) is 0 Å². The summed E-state index contributed by atoms with van der Waals surface area (Å²) in [7, 11) is -3.59. The van der Waals surface area contributed by atoms with Crippen LogP contribution in [0.1, 0.15) is 38.5 Å². The van der Waals surface area contributed by atoms with E-state index in [0.717, 1.165) is 30.6 Å². The maximum Gasteiger partial charge on any atom is 0.270 e. The number of nitrogens with two attached hydrogens (primary N) is 1. The topological polar surface area (TPSA) is 98.0 Å². The van der Waals surface area contributed by atoms with Crippen molar-refractivity contribution in [2.75, 3.05) is 5.73 Å². The Morgan fingerprint density at radius 3 is 2.10 bits per heavy atom. The second-order valence-corrected chi connectivity index (χ2v) is 9.57. The van der Waals surface area contributed by atoms with Crippen LogP contribution >= 0.6 is 11.3 Å². The molecule has 4 bridgehead atoms. The van der Waals surface area contributed by atoms with Gasteiger partial charge in [0.15, 0.2) is 0 Å². The lowest BCUT2D eigenvalue weighted by atomic mass is 9.53. The van der Waals surface area contributed by atoms with E-state index in [9.17, 15) is 8.42 Å². The van der Waals surface area contributed by atoms with Crippen LogP contribution in [0.4, 0.5) is 5.13 Å². The minimum absolute atomic E-state index is 0.00857. The Morgan fingerprint density at radius 2 is 1.65 bits per heavy atom. The van der Waals surface area contributed by atoms with Crippen LogP contribution in [0.3, 0.4) is 0 Å². The highest BCUT2D eigenvalue weighted by Gasteiger charge is 2.52. The summed E-state index contributed by atoms with van der Waals surface area (Å²) in [4.78, 5) is 0. The van der Waals surface area contributed by atoms with Gasteiger partial charge in [0.05, 0.1) is 0 Å². The van der Waals surface area contributed by atoms with Crippen LogP contribution in [-0.2, 0) is 10.0 Å². The highest BCUT2D eigenvalue weighted by atomic mass is 32.2. The molecule has 4 aliphatic carbocycles. The third-order valence-electron chi connectivity index (χ3n) is 5.04. The maximum atomic E-state index is 12.5. The molecule has 0 amide bonds. The second-order valence-electron chi connectivity index (χ2n) is 6.71. The van der Waals surface area contributed by atoms with Crippen molar-refractivity contribution in [1.82, 2.24) is 14.9 Å². The lowest BCUT2D eigenvalue weighted by Gasteiger charge is -2.56. The van der Waals surface area contributed by atoms with E-state index in [0.29, 0.717) is 17.8 Å². The number of nitrogens with one attached hydrogen (secondary N) is 1. The van der Waals surface area contributed by atoms with E-state index >= 15 is 0 Å². The number of aromatic nitrogens is 2. The largest absolute Gasteiger partial charge is 0.374 e. The second kappa shape index (κ2) is 4.14. The lowest BCUT2D eigenvalue weighted by Crippen LogP contribution is -2.59. The molecule has 0 radical (unpaired) electrons. The Bertz CT molecular complexity index is 604. The molecule has 0 aliphatic heterocycles. The van der Waals surface area contributed by atoms with Gasteiger partial charge in [-0.05, 0) is 56.3 Å². The summed E-state index contributed by atoms with van der Waals surface area (Å²) in [6.45, 7) is 0. The third-order valence-corrected chi connectivity index (χ3v) is 7.74. The number of anilines is 1. The molecule has 20 heavy (non-hydrogen) atoms. The standard InChI is InChI=1S/C12H18N4O2S2/c13-10-14-15-11(19-10)20(17,18)16-12-4-7-1-8(5-12)3-9(2-7)6-12/h7-9,16H,1-6H2,(H2,13,14). The predicted octanol–water partition coefficient (Wildman–Crippen LogP) is 1.37.